The molecule has 0 aromatic heterocycles. The van der Waals surface area contributed by atoms with Gasteiger partial charge in [0.05, 0.1) is 39.3 Å². The SMILES string of the molecule is CCCCCCCCCCCCCCCOC(=O)CC(C[N+](C)(C)C)OC(=O)CC.O=[N+]([O-])[O-]. The number of hydrogen-bond acceptors (Lipinski definition) is 7. The fourth-order valence-corrected chi connectivity index (χ4v) is 3.57. The molecule has 0 N–H and O–H groups in total. The Morgan fingerprint density at radius 1 is 0.765 bits per heavy atom. The zero-order chi connectivity index (χ0) is 26.2. The number of esters is 2. The molecule has 1 unspecified atom stereocenters. The number of rotatable bonds is 20. The third kappa shape index (κ3) is 30.1. The van der Waals surface area contributed by atoms with E-state index < -0.39 is 11.2 Å². The Labute approximate surface area is 206 Å². The molecule has 1 atom stereocenters. The largest absolute Gasteiger partial charge is 0.466 e. The normalized spacial score (nSPS) is 11.8. The molecule has 9 heteroatoms. The second kappa shape index (κ2) is 22.9. The van der Waals surface area contributed by atoms with Gasteiger partial charge in [-0.05, 0) is 6.42 Å². The van der Waals surface area contributed by atoms with Crippen molar-refractivity contribution < 1.29 is 28.6 Å². The molecule has 0 aromatic carbocycles. The first-order valence-electron chi connectivity index (χ1n) is 13.0. The van der Waals surface area contributed by atoms with E-state index in [1.165, 1.54) is 70.6 Å². The van der Waals surface area contributed by atoms with Gasteiger partial charge in [-0.25, -0.2) is 0 Å². The summed E-state index contributed by atoms with van der Waals surface area (Å²) in [7, 11) is 6.06. The summed E-state index contributed by atoms with van der Waals surface area (Å²) in [6, 6.07) is 0. The molecule has 0 saturated carbocycles. The Morgan fingerprint density at radius 2 is 1.18 bits per heavy atom. The van der Waals surface area contributed by atoms with Gasteiger partial charge in [-0.1, -0.05) is 90.9 Å². The summed E-state index contributed by atoms with van der Waals surface area (Å²) < 4.78 is 11.4. The fraction of sp³-hybridized carbons (Fsp3) is 0.920. The Balaban J connectivity index is 0. The van der Waals surface area contributed by atoms with E-state index in [1.807, 2.05) is 21.1 Å². The van der Waals surface area contributed by atoms with Crippen LogP contribution < -0.4 is 0 Å². The van der Waals surface area contributed by atoms with Gasteiger partial charge in [0.2, 0.25) is 0 Å². The van der Waals surface area contributed by atoms with Gasteiger partial charge in [0.1, 0.15) is 6.54 Å². The molecule has 0 bridgehead atoms. The van der Waals surface area contributed by atoms with E-state index in [4.69, 9.17) is 24.8 Å². The maximum atomic E-state index is 12.1. The lowest BCUT2D eigenvalue weighted by atomic mass is 10.0. The van der Waals surface area contributed by atoms with Crippen LogP contribution in [0.15, 0.2) is 0 Å². The van der Waals surface area contributed by atoms with Gasteiger partial charge in [0.15, 0.2) is 6.10 Å². The zero-order valence-electron chi connectivity index (χ0n) is 22.4. The summed E-state index contributed by atoms with van der Waals surface area (Å²) in [6.07, 6.45) is 16.9. The molecule has 0 heterocycles. The van der Waals surface area contributed by atoms with Gasteiger partial charge in [-0.3, -0.25) is 9.59 Å². The summed E-state index contributed by atoms with van der Waals surface area (Å²) in [5.74, 6) is -0.533. The molecule has 0 fully saturated rings. The van der Waals surface area contributed by atoms with Crippen molar-refractivity contribution in [1.82, 2.24) is 0 Å². The van der Waals surface area contributed by atoms with Crippen molar-refractivity contribution in [2.45, 2.75) is 116 Å². The van der Waals surface area contributed by atoms with Gasteiger partial charge in [0.25, 0.3) is 0 Å². The summed E-state index contributed by atoms with van der Waals surface area (Å²) in [6.45, 7) is 5.09. The van der Waals surface area contributed by atoms with Crippen LogP contribution in [0.4, 0.5) is 0 Å². The molecule has 0 spiro atoms. The molecule has 202 valence electrons. The highest BCUT2D eigenvalue weighted by Crippen LogP contribution is 2.13. The van der Waals surface area contributed by atoms with Crippen molar-refractivity contribution >= 4 is 11.9 Å². The van der Waals surface area contributed by atoms with Gasteiger partial charge in [-0.15, -0.1) is 0 Å². The lowest BCUT2D eigenvalue weighted by Crippen LogP contribution is -2.44. The minimum atomic E-state index is -1.75. The van der Waals surface area contributed by atoms with E-state index >= 15 is 0 Å². The minimum Gasteiger partial charge on any atom is -0.466 e. The Kier molecular flexibility index (Phi) is 23.1. The van der Waals surface area contributed by atoms with Crippen LogP contribution in [0.1, 0.15) is 110 Å². The van der Waals surface area contributed by atoms with Crippen molar-refractivity contribution in [2.24, 2.45) is 0 Å². The predicted molar refractivity (Wildman–Crippen MR) is 135 cm³/mol. The molecule has 0 radical (unpaired) electrons. The lowest BCUT2D eigenvalue weighted by Gasteiger charge is -2.28. The average molecular weight is 491 g/mol. The van der Waals surface area contributed by atoms with Crippen LogP contribution in [0.2, 0.25) is 0 Å². The van der Waals surface area contributed by atoms with E-state index in [1.54, 1.807) is 6.92 Å². The Hall–Kier alpha value is -1.90. The first-order chi connectivity index (χ1) is 16.0. The first kappa shape index (κ1) is 34.3. The molecule has 34 heavy (non-hydrogen) atoms. The van der Waals surface area contributed by atoms with Crippen LogP contribution >= 0.6 is 0 Å². The van der Waals surface area contributed by atoms with Gasteiger partial charge in [-0.2, -0.15) is 0 Å². The fourth-order valence-electron chi connectivity index (χ4n) is 3.57. The maximum absolute atomic E-state index is 12.1. The molecule has 0 aliphatic carbocycles. The summed E-state index contributed by atoms with van der Waals surface area (Å²) in [5.41, 5.74) is 0. The minimum absolute atomic E-state index is 0.139. The quantitative estimate of drug-likeness (QED) is 0.0695. The van der Waals surface area contributed by atoms with E-state index in [0.717, 1.165) is 12.8 Å². The number of carbonyl (C=O) groups is 2. The van der Waals surface area contributed by atoms with Gasteiger partial charge >= 0.3 is 11.9 Å². The van der Waals surface area contributed by atoms with Crippen LogP contribution in [0.5, 0.6) is 0 Å². The van der Waals surface area contributed by atoms with E-state index in [0.29, 0.717) is 24.1 Å². The molecule has 0 aliphatic rings. The second-order valence-electron chi connectivity index (χ2n) is 9.83. The molecular weight excluding hydrogens is 440 g/mol. The van der Waals surface area contributed by atoms with Crippen LogP contribution in [-0.2, 0) is 19.1 Å². The number of quaternary nitrogens is 1. The molecule has 0 aliphatic heterocycles. The summed E-state index contributed by atoms with van der Waals surface area (Å²) >= 11 is 0. The summed E-state index contributed by atoms with van der Waals surface area (Å²) in [5, 5.41) is 14.8. The van der Waals surface area contributed by atoms with Crippen molar-refractivity contribution in [3.05, 3.63) is 15.3 Å². The smallest absolute Gasteiger partial charge is 0.309 e. The highest BCUT2D eigenvalue weighted by Gasteiger charge is 2.25. The third-order valence-corrected chi connectivity index (χ3v) is 5.24. The molecular formula is C25H50N2O7. The van der Waals surface area contributed by atoms with Crippen LogP contribution in [0.25, 0.3) is 0 Å². The third-order valence-electron chi connectivity index (χ3n) is 5.24. The number of hydrogen-bond donors (Lipinski definition) is 0. The van der Waals surface area contributed by atoms with Crippen molar-refractivity contribution in [3.63, 3.8) is 0 Å². The van der Waals surface area contributed by atoms with Gasteiger partial charge < -0.3 is 29.3 Å². The molecule has 0 amide bonds. The Morgan fingerprint density at radius 3 is 1.56 bits per heavy atom. The average Bonchev–Trinajstić information content (AvgIpc) is 2.72. The highest BCUT2D eigenvalue weighted by molar-refractivity contribution is 5.72. The molecule has 0 rings (SSSR count). The van der Waals surface area contributed by atoms with Crippen molar-refractivity contribution in [1.29, 1.82) is 0 Å². The zero-order valence-corrected chi connectivity index (χ0v) is 22.4. The number of nitrogens with zero attached hydrogens (tertiary/aromatic N) is 2. The van der Waals surface area contributed by atoms with E-state index in [2.05, 4.69) is 6.92 Å². The number of likely N-dealkylation sites (N-methyl/N-ethyl adjacent to an activating group) is 1. The Bertz CT molecular complexity index is 518. The topological polar surface area (TPSA) is 119 Å². The van der Waals surface area contributed by atoms with Crippen molar-refractivity contribution in [2.75, 3.05) is 34.3 Å². The molecule has 9 nitrogen and oxygen atoms in total. The number of ether oxygens (including phenoxy) is 2. The predicted octanol–water partition coefficient (Wildman–Crippen LogP) is 5.80. The second-order valence-corrected chi connectivity index (χ2v) is 9.83. The number of unbranched alkanes of at least 4 members (excludes halogenated alkanes) is 12. The monoisotopic (exact) mass is 490 g/mol. The lowest BCUT2D eigenvalue weighted by molar-refractivity contribution is -0.873. The number of carbonyl (C=O) groups excluding carboxylic acids is 2. The van der Waals surface area contributed by atoms with Crippen LogP contribution in [0.3, 0.4) is 0 Å². The van der Waals surface area contributed by atoms with Crippen molar-refractivity contribution in [3.8, 4) is 0 Å². The van der Waals surface area contributed by atoms with E-state index in [-0.39, 0.29) is 18.4 Å². The summed E-state index contributed by atoms with van der Waals surface area (Å²) in [4.78, 5) is 32.0. The standard InChI is InChI=1S/C25H50NO4.NO3/c1-6-8-9-10-11-12-13-14-15-16-17-18-19-20-29-25(28)21-23(22-26(3,4)5)30-24(27)7-2;2-1(3)4/h23H,6-22H2,1-5H3;/q+1;-1. The van der Waals surface area contributed by atoms with Gasteiger partial charge in [0, 0.05) is 6.42 Å². The highest BCUT2D eigenvalue weighted by atomic mass is 16.9. The van der Waals surface area contributed by atoms with Crippen LogP contribution in [0, 0.1) is 15.3 Å². The first-order valence-corrected chi connectivity index (χ1v) is 13.0. The maximum Gasteiger partial charge on any atom is 0.309 e. The molecule has 0 saturated heterocycles. The molecule has 0 aromatic rings. The van der Waals surface area contributed by atoms with E-state index in [9.17, 15) is 9.59 Å². The van der Waals surface area contributed by atoms with Crippen LogP contribution in [-0.4, -0.2) is 61.9 Å².